The zero-order valence-electron chi connectivity index (χ0n) is 12.4. The predicted molar refractivity (Wildman–Crippen MR) is 72.7 cm³/mol. The van der Waals surface area contributed by atoms with Gasteiger partial charge in [0.25, 0.3) is 0 Å². The topological polar surface area (TPSA) is 50.8 Å². The molecule has 5 heteroatoms. The molecule has 0 aliphatic heterocycles. The Labute approximate surface area is 111 Å². The second kappa shape index (κ2) is 10.3. The van der Waals surface area contributed by atoms with Crippen molar-refractivity contribution in [2.75, 3.05) is 40.5 Å². The van der Waals surface area contributed by atoms with Gasteiger partial charge < -0.3 is 14.8 Å². The number of esters is 1. The third-order valence-corrected chi connectivity index (χ3v) is 2.98. The number of hydrogen-bond donors (Lipinski definition) is 1. The minimum absolute atomic E-state index is 0.202. The third-order valence-electron chi connectivity index (χ3n) is 2.98. The van der Waals surface area contributed by atoms with Crippen LogP contribution in [0.15, 0.2) is 0 Å². The highest BCUT2D eigenvalue weighted by atomic mass is 16.5. The molecule has 0 amide bonds. The number of rotatable bonds is 10. The Balaban J connectivity index is 4.45. The first kappa shape index (κ1) is 17.4. The van der Waals surface area contributed by atoms with Gasteiger partial charge in [-0.2, -0.15) is 0 Å². The smallest absolute Gasteiger partial charge is 0.324 e. The fourth-order valence-corrected chi connectivity index (χ4v) is 1.89. The maximum absolute atomic E-state index is 11.7. The van der Waals surface area contributed by atoms with E-state index < -0.39 is 0 Å². The van der Waals surface area contributed by atoms with Crippen LogP contribution in [0.3, 0.4) is 0 Å². The van der Waals surface area contributed by atoms with E-state index in [1.165, 1.54) is 7.11 Å². The quantitative estimate of drug-likeness (QED) is 0.591. The van der Waals surface area contributed by atoms with Crippen molar-refractivity contribution >= 4 is 5.97 Å². The van der Waals surface area contributed by atoms with Crippen molar-refractivity contribution < 1.29 is 14.3 Å². The molecule has 18 heavy (non-hydrogen) atoms. The number of methoxy groups -OCH3 is 2. The molecule has 0 aliphatic carbocycles. The predicted octanol–water partition coefficient (Wildman–Crippen LogP) is 0.884. The van der Waals surface area contributed by atoms with E-state index in [2.05, 4.69) is 31.0 Å². The molecule has 1 N–H and O–H groups in total. The van der Waals surface area contributed by atoms with Gasteiger partial charge in [-0.3, -0.25) is 9.69 Å². The molecular weight excluding hydrogens is 232 g/mol. The number of likely N-dealkylation sites (N-methyl/N-ethyl adjacent to an activating group) is 1. The molecule has 0 aromatic rings. The lowest BCUT2D eigenvalue weighted by Gasteiger charge is -2.30. The minimum Gasteiger partial charge on any atom is -0.468 e. The highest BCUT2D eigenvalue weighted by molar-refractivity contribution is 5.75. The first-order chi connectivity index (χ1) is 8.60. The molecule has 0 aromatic heterocycles. The summed E-state index contributed by atoms with van der Waals surface area (Å²) < 4.78 is 9.99. The van der Waals surface area contributed by atoms with Crippen LogP contribution >= 0.6 is 0 Å². The van der Waals surface area contributed by atoms with Crippen LogP contribution in [0.5, 0.6) is 0 Å². The molecule has 0 radical (unpaired) electrons. The molecule has 108 valence electrons. The lowest BCUT2D eigenvalue weighted by molar-refractivity contribution is -0.143. The van der Waals surface area contributed by atoms with Gasteiger partial charge >= 0.3 is 5.97 Å². The van der Waals surface area contributed by atoms with Crippen molar-refractivity contribution in [1.82, 2.24) is 10.2 Å². The average Bonchev–Trinajstić information content (AvgIpc) is 2.38. The van der Waals surface area contributed by atoms with E-state index in [-0.39, 0.29) is 18.1 Å². The number of hydrogen-bond acceptors (Lipinski definition) is 5. The number of ether oxygens (including phenoxy) is 2. The van der Waals surface area contributed by atoms with Crippen LogP contribution in [0, 0.1) is 0 Å². The van der Waals surface area contributed by atoms with Crippen LogP contribution in [0.25, 0.3) is 0 Å². The van der Waals surface area contributed by atoms with Gasteiger partial charge in [0.1, 0.15) is 6.04 Å². The molecule has 0 saturated heterocycles. The third kappa shape index (κ3) is 6.33. The van der Waals surface area contributed by atoms with Crippen LogP contribution in [-0.4, -0.2) is 63.4 Å². The first-order valence-electron chi connectivity index (χ1n) is 6.64. The Morgan fingerprint density at radius 2 is 2.00 bits per heavy atom. The van der Waals surface area contributed by atoms with Gasteiger partial charge in [0.2, 0.25) is 0 Å². The molecule has 2 atom stereocenters. The molecule has 0 fully saturated rings. The van der Waals surface area contributed by atoms with Crippen LogP contribution < -0.4 is 5.32 Å². The van der Waals surface area contributed by atoms with Crippen molar-refractivity contribution in [3.8, 4) is 0 Å². The van der Waals surface area contributed by atoms with Crippen LogP contribution in [0.4, 0.5) is 0 Å². The lowest BCUT2D eigenvalue weighted by atomic mass is 10.2. The Hall–Kier alpha value is -0.650. The molecule has 0 aliphatic rings. The van der Waals surface area contributed by atoms with Crippen LogP contribution in [0.1, 0.15) is 27.2 Å². The molecule has 0 aromatic carbocycles. The van der Waals surface area contributed by atoms with Gasteiger partial charge in [0.05, 0.1) is 13.7 Å². The van der Waals surface area contributed by atoms with Gasteiger partial charge in [-0.15, -0.1) is 0 Å². The molecule has 2 unspecified atom stereocenters. The molecule has 5 nitrogen and oxygen atoms in total. The molecule has 0 saturated carbocycles. The van der Waals surface area contributed by atoms with E-state index in [0.29, 0.717) is 13.2 Å². The summed E-state index contributed by atoms with van der Waals surface area (Å²) in [5, 5.41) is 3.22. The van der Waals surface area contributed by atoms with E-state index in [0.717, 1.165) is 19.5 Å². The summed E-state index contributed by atoms with van der Waals surface area (Å²) in [5.74, 6) is -0.202. The summed E-state index contributed by atoms with van der Waals surface area (Å²) in [4.78, 5) is 13.9. The average molecular weight is 260 g/mol. The Kier molecular flexibility index (Phi) is 9.92. The van der Waals surface area contributed by atoms with Crippen LogP contribution in [0.2, 0.25) is 0 Å². The maximum Gasteiger partial charge on any atom is 0.324 e. The van der Waals surface area contributed by atoms with Gasteiger partial charge in [-0.25, -0.2) is 0 Å². The number of nitrogens with one attached hydrogen (secondary N) is 1. The highest BCUT2D eigenvalue weighted by Gasteiger charge is 2.23. The Bertz CT molecular complexity index is 224. The lowest BCUT2D eigenvalue weighted by Crippen LogP contribution is -2.50. The van der Waals surface area contributed by atoms with E-state index in [4.69, 9.17) is 9.47 Å². The van der Waals surface area contributed by atoms with Gasteiger partial charge in [-0.05, 0) is 26.4 Å². The summed E-state index contributed by atoms with van der Waals surface area (Å²) in [7, 11) is 3.12. The van der Waals surface area contributed by atoms with Crippen LogP contribution in [-0.2, 0) is 14.3 Å². The molecule has 0 heterocycles. The zero-order valence-corrected chi connectivity index (χ0v) is 12.4. The van der Waals surface area contributed by atoms with Crippen molar-refractivity contribution in [2.24, 2.45) is 0 Å². The summed E-state index contributed by atoms with van der Waals surface area (Å²) in [6.07, 6.45) is 0.993. The minimum atomic E-state index is -0.269. The molecular formula is C13H28N2O3. The summed E-state index contributed by atoms with van der Waals surface area (Å²) in [6.45, 7) is 9.26. The Morgan fingerprint density at radius 1 is 1.33 bits per heavy atom. The van der Waals surface area contributed by atoms with E-state index in [9.17, 15) is 4.79 Å². The summed E-state index contributed by atoms with van der Waals surface area (Å²) >= 11 is 0. The standard InChI is InChI=1S/C13H28N2O3/c1-6-8-14-12(13(16)18-5)9-15(7-2)11(3)10-17-4/h11-12,14H,6-10H2,1-5H3. The van der Waals surface area contributed by atoms with E-state index >= 15 is 0 Å². The van der Waals surface area contributed by atoms with Gasteiger partial charge in [-0.1, -0.05) is 13.8 Å². The van der Waals surface area contributed by atoms with Crippen molar-refractivity contribution in [2.45, 2.75) is 39.3 Å². The van der Waals surface area contributed by atoms with E-state index in [1.54, 1.807) is 7.11 Å². The SMILES string of the molecule is CCCNC(CN(CC)C(C)COC)C(=O)OC. The monoisotopic (exact) mass is 260 g/mol. The Morgan fingerprint density at radius 3 is 2.44 bits per heavy atom. The number of carbonyl (C=O) groups excluding carboxylic acids is 1. The molecule has 0 bridgehead atoms. The first-order valence-corrected chi connectivity index (χ1v) is 6.64. The van der Waals surface area contributed by atoms with E-state index in [1.807, 2.05) is 0 Å². The largest absolute Gasteiger partial charge is 0.468 e. The number of carbonyl (C=O) groups is 1. The summed E-state index contributed by atoms with van der Waals surface area (Å²) in [5.41, 5.74) is 0. The molecule has 0 spiro atoms. The van der Waals surface area contributed by atoms with Gasteiger partial charge in [0, 0.05) is 19.7 Å². The number of nitrogens with zero attached hydrogens (tertiary/aromatic N) is 1. The van der Waals surface area contributed by atoms with Crippen molar-refractivity contribution in [3.63, 3.8) is 0 Å². The normalized spacial score (nSPS) is 14.6. The summed E-state index contributed by atoms with van der Waals surface area (Å²) in [6, 6.07) is 0.0183. The zero-order chi connectivity index (χ0) is 14.0. The second-order valence-electron chi connectivity index (χ2n) is 4.42. The molecule has 0 rings (SSSR count). The highest BCUT2D eigenvalue weighted by Crippen LogP contribution is 2.02. The fraction of sp³-hybridized carbons (Fsp3) is 0.923. The van der Waals surface area contributed by atoms with Crippen molar-refractivity contribution in [3.05, 3.63) is 0 Å². The maximum atomic E-state index is 11.7. The second-order valence-corrected chi connectivity index (χ2v) is 4.42. The van der Waals surface area contributed by atoms with Crippen molar-refractivity contribution in [1.29, 1.82) is 0 Å². The fourth-order valence-electron chi connectivity index (χ4n) is 1.89. The van der Waals surface area contributed by atoms with Gasteiger partial charge in [0.15, 0.2) is 0 Å².